The van der Waals surface area contributed by atoms with Gasteiger partial charge in [-0.2, -0.15) is 0 Å². The van der Waals surface area contributed by atoms with Gasteiger partial charge in [0, 0.05) is 35.6 Å². The van der Waals surface area contributed by atoms with Crippen molar-refractivity contribution in [3.8, 4) is 11.4 Å². The van der Waals surface area contributed by atoms with Gasteiger partial charge in [0.25, 0.3) is 5.91 Å². The van der Waals surface area contributed by atoms with Gasteiger partial charge in [0.15, 0.2) is 5.82 Å². The first-order chi connectivity index (χ1) is 14.9. The molecule has 0 saturated carbocycles. The summed E-state index contributed by atoms with van der Waals surface area (Å²) in [7, 11) is -3.21. The van der Waals surface area contributed by atoms with Gasteiger partial charge < -0.3 is 9.88 Å². The van der Waals surface area contributed by atoms with Gasteiger partial charge in [-0.15, -0.1) is 21.5 Å². The smallest absolute Gasteiger partial charge is 0.265 e. The fourth-order valence-electron chi connectivity index (χ4n) is 3.59. The van der Waals surface area contributed by atoms with Gasteiger partial charge in [-0.05, 0) is 55.7 Å². The standard InChI is InChI=1S/C21H25N5O3S2/c1-31(28,29)22-13-12-17-10-11-18(30-17)21(27)23-16-8-6-15(7-9-16)20-25-24-19-5-3-2-4-14-26(19)20/h6-11,22H,2-5,12-14H2,1H3,(H,23,27). The molecule has 3 heterocycles. The highest BCUT2D eigenvalue weighted by atomic mass is 32.2. The summed E-state index contributed by atoms with van der Waals surface area (Å²) in [6.45, 7) is 1.25. The van der Waals surface area contributed by atoms with E-state index in [0.29, 0.717) is 23.5 Å². The fourth-order valence-corrected chi connectivity index (χ4v) is 4.96. The molecule has 0 saturated heterocycles. The summed E-state index contributed by atoms with van der Waals surface area (Å²) in [4.78, 5) is 14.1. The van der Waals surface area contributed by atoms with Gasteiger partial charge in [-0.25, -0.2) is 13.1 Å². The molecule has 0 bridgehead atoms. The number of carbonyl (C=O) groups excluding carboxylic acids is 1. The zero-order valence-electron chi connectivity index (χ0n) is 17.3. The molecule has 1 aromatic carbocycles. The topological polar surface area (TPSA) is 106 Å². The Morgan fingerprint density at radius 3 is 2.68 bits per heavy atom. The van der Waals surface area contributed by atoms with Crippen LogP contribution in [0.1, 0.15) is 39.6 Å². The van der Waals surface area contributed by atoms with Crippen LogP contribution in [-0.4, -0.2) is 41.9 Å². The Bertz CT molecular complexity index is 1170. The van der Waals surface area contributed by atoms with Crippen molar-refractivity contribution in [2.24, 2.45) is 0 Å². The van der Waals surface area contributed by atoms with E-state index >= 15 is 0 Å². The molecule has 2 aromatic heterocycles. The number of aromatic nitrogens is 3. The number of nitrogens with zero attached hydrogens (tertiary/aromatic N) is 3. The Kier molecular flexibility index (Phi) is 6.49. The van der Waals surface area contributed by atoms with Gasteiger partial charge in [0.1, 0.15) is 5.82 Å². The minimum Gasteiger partial charge on any atom is -0.321 e. The van der Waals surface area contributed by atoms with Crippen molar-refractivity contribution in [1.82, 2.24) is 19.5 Å². The molecule has 1 aliphatic rings. The number of amides is 1. The molecule has 164 valence electrons. The summed E-state index contributed by atoms with van der Waals surface area (Å²) < 4.78 is 26.9. The third kappa shape index (κ3) is 5.57. The lowest BCUT2D eigenvalue weighted by Crippen LogP contribution is -2.24. The highest BCUT2D eigenvalue weighted by Gasteiger charge is 2.16. The Morgan fingerprint density at radius 1 is 1.10 bits per heavy atom. The molecule has 1 amide bonds. The van der Waals surface area contributed by atoms with Gasteiger partial charge in [-0.3, -0.25) is 4.79 Å². The Hall–Kier alpha value is -2.56. The second-order valence-electron chi connectivity index (χ2n) is 7.62. The molecule has 0 fully saturated rings. The molecule has 2 N–H and O–H groups in total. The summed E-state index contributed by atoms with van der Waals surface area (Å²) in [5, 5.41) is 11.6. The lowest BCUT2D eigenvalue weighted by Gasteiger charge is -2.08. The lowest BCUT2D eigenvalue weighted by atomic mass is 10.2. The highest BCUT2D eigenvalue weighted by Crippen LogP contribution is 2.25. The predicted octanol–water partition coefficient (Wildman–Crippen LogP) is 3.08. The molecule has 31 heavy (non-hydrogen) atoms. The van der Waals surface area contributed by atoms with E-state index in [1.807, 2.05) is 30.3 Å². The van der Waals surface area contributed by atoms with Crippen molar-refractivity contribution in [2.75, 3.05) is 18.1 Å². The van der Waals surface area contributed by atoms with Crippen molar-refractivity contribution in [2.45, 2.75) is 38.6 Å². The molecule has 3 aromatic rings. The minimum atomic E-state index is -3.21. The van der Waals surface area contributed by atoms with E-state index in [0.717, 1.165) is 54.2 Å². The zero-order valence-corrected chi connectivity index (χ0v) is 18.9. The highest BCUT2D eigenvalue weighted by molar-refractivity contribution is 7.88. The van der Waals surface area contributed by atoms with Crippen LogP contribution in [0.4, 0.5) is 5.69 Å². The number of carbonyl (C=O) groups is 1. The van der Waals surface area contributed by atoms with Crippen LogP contribution >= 0.6 is 11.3 Å². The third-order valence-electron chi connectivity index (χ3n) is 5.13. The zero-order chi connectivity index (χ0) is 21.8. The SMILES string of the molecule is CS(=O)(=O)NCCc1ccc(C(=O)Nc2ccc(-c3nnc4n3CCCCC4)cc2)s1. The Balaban J connectivity index is 1.38. The summed E-state index contributed by atoms with van der Waals surface area (Å²) in [6.07, 6.45) is 6.15. The van der Waals surface area contributed by atoms with Crippen molar-refractivity contribution >= 4 is 33.0 Å². The van der Waals surface area contributed by atoms with Crippen molar-refractivity contribution < 1.29 is 13.2 Å². The van der Waals surface area contributed by atoms with E-state index in [-0.39, 0.29) is 5.91 Å². The maximum absolute atomic E-state index is 12.6. The molecule has 0 unspecified atom stereocenters. The van der Waals surface area contributed by atoms with Crippen LogP contribution in [0.3, 0.4) is 0 Å². The average Bonchev–Trinajstić information content (AvgIpc) is 3.29. The molecule has 10 heteroatoms. The quantitative estimate of drug-likeness (QED) is 0.565. The number of benzene rings is 1. The average molecular weight is 460 g/mol. The minimum absolute atomic E-state index is 0.184. The summed E-state index contributed by atoms with van der Waals surface area (Å²) in [5.74, 6) is 1.74. The number of hydrogen-bond donors (Lipinski definition) is 2. The Morgan fingerprint density at radius 2 is 1.90 bits per heavy atom. The molecular weight excluding hydrogens is 434 g/mol. The largest absolute Gasteiger partial charge is 0.321 e. The number of aryl methyl sites for hydroxylation is 1. The second kappa shape index (κ2) is 9.29. The van der Waals surface area contributed by atoms with E-state index in [2.05, 4.69) is 24.8 Å². The summed E-state index contributed by atoms with van der Waals surface area (Å²) >= 11 is 1.36. The number of rotatable bonds is 7. The van der Waals surface area contributed by atoms with E-state index in [1.165, 1.54) is 17.8 Å². The van der Waals surface area contributed by atoms with E-state index in [4.69, 9.17) is 0 Å². The molecule has 4 rings (SSSR count). The number of hydrogen-bond acceptors (Lipinski definition) is 6. The monoisotopic (exact) mass is 459 g/mol. The molecule has 1 aliphatic heterocycles. The van der Waals surface area contributed by atoms with Gasteiger partial charge >= 0.3 is 0 Å². The van der Waals surface area contributed by atoms with Crippen LogP contribution in [0, 0.1) is 0 Å². The summed E-state index contributed by atoms with van der Waals surface area (Å²) in [6, 6.07) is 11.3. The number of nitrogens with one attached hydrogen (secondary N) is 2. The Labute approximate surface area is 185 Å². The molecule has 0 atom stereocenters. The van der Waals surface area contributed by atoms with Crippen LogP contribution in [0.25, 0.3) is 11.4 Å². The van der Waals surface area contributed by atoms with Crippen LogP contribution in [0.5, 0.6) is 0 Å². The van der Waals surface area contributed by atoms with Gasteiger partial charge in [0.2, 0.25) is 10.0 Å². The number of fused-ring (bicyclic) bond motifs is 1. The first-order valence-electron chi connectivity index (χ1n) is 10.3. The van der Waals surface area contributed by atoms with Crippen LogP contribution < -0.4 is 10.0 Å². The molecule has 8 nitrogen and oxygen atoms in total. The van der Waals surface area contributed by atoms with E-state index < -0.39 is 10.0 Å². The number of sulfonamides is 1. The molecule has 0 spiro atoms. The van der Waals surface area contributed by atoms with Crippen molar-refractivity contribution in [1.29, 1.82) is 0 Å². The van der Waals surface area contributed by atoms with Crippen molar-refractivity contribution in [3.05, 3.63) is 52.0 Å². The summed E-state index contributed by atoms with van der Waals surface area (Å²) in [5.41, 5.74) is 1.69. The first kappa shape index (κ1) is 21.7. The number of anilines is 1. The first-order valence-corrected chi connectivity index (χ1v) is 13.0. The normalized spacial score (nSPS) is 14.1. The maximum Gasteiger partial charge on any atom is 0.265 e. The molecule has 0 radical (unpaired) electrons. The number of thiophene rings is 1. The van der Waals surface area contributed by atoms with E-state index in [1.54, 1.807) is 6.07 Å². The molecular formula is C21H25N5O3S2. The lowest BCUT2D eigenvalue weighted by molar-refractivity contribution is 0.103. The second-order valence-corrected chi connectivity index (χ2v) is 10.6. The van der Waals surface area contributed by atoms with Crippen molar-refractivity contribution in [3.63, 3.8) is 0 Å². The third-order valence-corrected chi connectivity index (χ3v) is 7.00. The molecule has 0 aliphatic carbocycles. The maximum atomic E-state index is 12.6. The van der Waals surface area contributed by atoms with E-state index in [9.17, 15) is 13.2 Å². The van der Waals surface area contributed by atoms with Crippen LogP contribution in [-0.2, 0) is 29.4 Å². The van der Waals surface area contributed by atoms with Crippen LogP contribution in [0.2, 0.25) is 0 Å². The predicted molar refractivity (Wildman–Crippen MR) is 122 cm³/mol. The van der Waals surface area contributed by atoms with Crippen LogP contribution in [0.15, 0.2) is 36.4 Å². The fraction of sp³-hybridized carbons (Fsp3) is 0.381. The van der Waals surface area contributed by atoms with Gasteiger partial charge in [-0.1, -0.05) is 6.42 Å². The van der Waals surface area contributed by atoms with Gasteiger partial charge in [0.05, 0.1) is 11.1 Å².